The smallest absolute Gasteiger partial charge is 0.0912 e. The number of pyridine rings is 1. The van der Waals surface area contributed by atoms with E-state index in [1.165, 1.54) is 6.08 Å². The summed E-state index contributed by atoms with van der Waals surface area (Å²) in [4.78, 5) is 4.21. The monoisotopic (exact) mass is 184 g/mol. The van der Waals surface area contributed by atoms with E-state index in [0.29, 0.717) is 0 Å². The molecule has 0 spiro atoms. The lowest BCUT2D eigenvalue weighted by Gasteiger charge is -2.05. The number of allylic oxidation sites excluding steroid dienone is 1. The maximum Gasteiger partial charge on any atom is 0.0912 e. The molecule has 0 bridgehead atoms. The Balaban J connectivity index is 3.23. The van der Waals surface area contributed by atoms with Crippen molar-refractivity contribution in [1.82, 2.24) is 4.98 Å². The molecule has 0 aliphatic rings. The predicted octanol–water partition coefficient (Wildman–Crippen LogP) is 2.82. The first-order valence-electron chi connectivity index (χ1n) is 4.50. The van der Waals surface area contributed by atoms with E-state index in [0.717, 1.165) is 23.2 Å². The molecule has 14 heavy (non-hydrogen) atoms. The summed E-state index contributed by atoms with van der Waals surface area (Å²) in [5, 5.41) is 8.43. The molecular weight excluding hydrogens is 172 g/mol. The van der Waals surface area contributed by atoms with Crippen LogP contribution in [0.15, 0.2) is 24.9 Å². The molecule has 70 valence electrons. The van der Waals surface area contributed by atoms with Crippen molar-refractivity contribution in [1.29, 1.82) is 5.26 Å². The van der Waals surface area contributed by atoms with Gasteiger partial charge >= 0.3 is 0 Å². The van der Waals surface area contributed by atoms with Crippen molar-refractivity contribution in [3.8, 4) is 6.07 Å². The normalized spacial score (nSPS) is 10.0. The summed E-state index contributed by atoms with van der Waals surface area (Å²) in [5.74, 6) is 0. The average Bonchev–Trinajstić information content (AvgIpc) is 2.25. The summed E-state index contributed by atoms with van der Waals surface area (Å²) < 4.78 is 0. The van der Waals surface area contributed by atoms with Gasteiger partial charge in [0.1, 0.15) is 0 Å². The molecule has 0 aliphatic carbocycles. The summed E-state index contributed by atoms with van der Waals surface area (Å²) in [6.45, 7) is 5.81. The summed E-state index contributed by atoms with van der Waals surface area (Å²) in [6, 6.07) is 3.88. The minimum atomic E-state index is 0.853. The molecule has 0 amide bonds. The lowest BCUT2D eigenvalue weighted by molar-refractivity contribution is 1.08. The van der Waals surface area contributed by atoms with Crippen LogP contribution in [-0.2, 0) is 6.42 Å². The highest BCUT2D eigenvalue weighted by molar-refractivity contribution is 5.60. The van der Waals surface area contributed by atoms with Gasteiger partial charge in [0.2, 0.25) is 0 Å². The lowest BCUT2D eigenvalue weighted by Crippen LogP contribution is -1.93. The highest BCUT2D eigenvalue weighted by atomic mass is 14.7. The Kier molecular flexibility index (Phi) is 3.63. The van der Waals surface area contributed by atoms with Crippen LogP contribution in [0.5, 0.6) is 0 Å². The van der Waals surface area contributed by atoms with E-state index in [9.17, 15) is 0 Å². The number of rotatable bonds is 3. The fraction of sp³-hybridized carbons (Fsp3) is 0.167. The Morgan fingerprint density at radius 2 is 2.43 bits per heavy atom. The zero-order chi connectivity index (χ0) is 10.4. The van der Waals surface area contributed by atoms with Gasteiger partial charge in [0.05, 0.1) is 11.8 Å². The molecule has 1 aromatic rings. The summed E-state index contributed by atoms with van der Waals surface area (Å²) >= 11 is 0. The third-order valence-electron chi connectivity index (χ3n) is 2.01. The second-order valence-electron chi connectivity index (χ2n) is 2.78. The van der Waals surface area contributed by atoms with Gasteiger partial charge in [-0.15, -0.1) is 0 Å². The number of hydrogen-bond acceptors (Lipinski definition) is 2. The molecule has 0 aliphatic heterocycles. The van der Waals surface area contributed by atoms with Gasteiger partial charge in [0.25, 0.3) is 0 Å². The molecule has 2 nitrogen and oxygen atoms in total. The molecule has 1 aromatic heterocycles. The predicted molar refractivity (Wildman–Crippen MR) is 58.4 cm³/mol. The van der Waals surface area contributed by atoms with E-state index < -0.39 is 0 Å². The highest BCUT2D eigenvalue weighted by Gasteiger charge is 2.02. The van der Waals surface area contributed by atoms with Crippen LogP contribution in [0.3, 0.4) is 0 Å². The molecule has 0 atom stereocenters. The number of nitrogens with zero attached hydrogens (tertiary/aromatic N) is 2. The van der Waals surface area contributed by atoms with Gasteiger partial charge in [0.15, 0.2) is 0 Å². The molecule has 0 fully saturated rings. The van der Waals surface area contributed by atoms with Crippen LogP contribution in [0.25, 0.3) is 12.2 Å². The van der Waals surface area contributed by atoms with Crippen LogP contribution in [0.2, 0.25) is 0 Å². The van der Waals surface area contributed by atoms with Gasteiger partial charge in [-0.1, -0.05) is 19.6 Å². The zero-order valence-electron chi connectivity index (χ0n) is 8.20. The van der Waals surface area contributed by atoms with Gasteiger partial charge in [-0.25, -0.2) is 0 Å². The SMILES string of the molecule is C=Cc1ccnc(C=CC#N)c1CC. The minimum Gasteiger partial charge on any atom is -0.257 e. The van der Waals surface area contributed by atoms with Crippen LogP contribution in [0.1, 0.15) is 23.7 Å². The molecule has 0 N–H and O–H groups in total. The van der Waals surface area contributed by atoms with Gasteiger partial charge in [0, 0.05) is 12.3 Å². The minimum absolute atomic E-state index is 0.853. The Morgan fingerprint density at radius 1 is 1.64 bits per heavy atom. The van der Waals surface area contributed by atoms with Crippen LogP contribution in [0.4, 0.5) is 0 Å². The van der Waals surface area contributed by atoms with Crippen molar-refractivity contribution in [3.63, 3.8) is 0 Å². The number of aromatic nitrogens is 1. The van der Waals surface area contributed by atoms with Crippen LogP contribution < -0.4 is 0 Å². The van der Waals surface area contributed by atoms with Crippen LogP contribution in [0, 0.1) is 11.3 Å². The molecule has 2 heteroatoms. The van der Waals surface area contributed by atoms with Crippen LogP contribution in [-0.4, -0.2) is 4.98 Å². The molecular formula is C12H12N2. The standard InChI is InChI=1S/C12H12N2/c1-3-10-7-9-14-12(6-5-8-13)11(10)4-2/h3,5-7,9H,1,4H2,2H3. The van der Waals surface area contributed by atoms with E-state index >= 15 is 0 Å². The van der Waals surface area contributed by atoms with Crippen molar-refractivity contribution in [2.75, 3.05) is 0 Å². The maximum atomic E-state index is 8.43. The topological polar surface area (TPSA) is 36.7 Å². The largest absolute Gasteiger partial charge is 0.257 e. The van der Waals surface area contributed by atoms with E-state index in [-0.39, 0.29) is 0 Å². The second-order valence-corrected chi connectivity index (χ2v) is 2.78. The Hall–Kier alpha value is -1.88. The molecule has 0 aromatic carbocycles. The van der Waals surface area contributed by atoms with Crippen molar-refractivity contribution < 1.29 is 0 Å². The van der Waals surface area contributed by atoms with Crippen LogP contribution >= 0.6 is 0 Å². The highest BCUT2D eigenvalue weighted by Crippen LogP contribution is 2.15. The summed E-state index contributed by atoms with van der Waals surface area (Å²) in [6.07, 6.45) is 7.60. The molecule has 1 rings (SSSR count). The fourth-order valence-corrected chi connectivity index (χ4v) is 1.36. The Labute approximate surface area is 84.2 Å². The van der Waals surface area contributed by atoms with Gasteiger partial charge in [-0.05, 0) is 29.7 Å². The number of hydrogen-bond donors (Lipinski definition) is 0. The fourth-order valence-electron chi connectivity index (χ4n) is 1.36. The van der Waals surface area contributed by atoms with Gasteiger partial charge in [-0.2, -0.15) is 5.26 Å². The molecule has 0 unspecified atom stereocenters. The summed E-state index contributed by atoms with van der Waals surface area (Å²) in [5.41, 5.74) is 3.07. The van der Waals surface area contributed by atoms with Gasteiger partial charge in [-0.3, -0.25) is 4.98 Å². The molecule has 0 radical (unpaired) electrons. The van der Waals surface area contributed by atoms with Crippen molar-refractivity contribution >= 4 is 12.2 Å². The molecule has 0 saturated carbocycles. The van der Waals surface area contributed by atoms with Crippen molar-refractivity contribution in [2.24, 2.45) is 0 Å². The Bertz CT molecular complexity index is 397. The first-order chi connectivity index (χ1) is 6.83. The lowest BCUT2D eigenvalue weighted by atomic mass is 10.0. The number of nitriles is 1. The quantitative estimate of drug-likeness (QED) is 0.677. The first kappa shape index (κ1) is 10.2. The third-order valence-corrected chi connectivity index (χ3v) is 2.01. The van der Waals surface area contributed by atoms with Gasteiger partial charge < -0.3 is 0 Å². The van der Waals surface area contributed by atoms with E-state index in [2.05, 4.69) is 18.5 Å². The molecule has 0 saturated heterocycles. The van der Waals surface area contributed by atoms with E-state index in [1.807, 2.05) is 18.2 Å². The second kappa shape index (κ2) is 4.98. The first-order valence-corrected chi connectivity index (χ1v) is 4.50. The van der Waals surface area contributed by atoms with E-state index in [1.54, 1.807) is 12.3 Å². The average molecular weight is 184 g/mol. The molecule has 1 heterocycles. The maximum absolute atomic E-state index is 8.43. The van der Waals surface area contributed by atoms with E-state index in [4.69, 9.17) is 5.26 Å². The summed E-state index contributed by atoms with van der Waals surface area (Å²) in [7, 11) is 0. The van der Waals surface area contributed by atoms with Crippen molar-refractivity contribution in [3.05, 3.63) is 41.7 Å². The van der Waals surface area contributed by atoms with Crippen molar-refractivity contribution in [2.45, 2.75) is 13.3 Å². The third kappa shape index (κ3) is 2.08. The Morgan fingerprint density at radius 3 is 3.00 bits per heavy atom. The zero-order valence-corrected chi connectivity index (χ0v) is 8.20.